The first-order valence-electron chi connectivity index (χ1n) is 13.2. The van der Waals surface area contributed by atoms with Crippen LogP contribution in [0.5, 0.6) is 5.75 Å². The fourth-order valence-corrected chi connectivity index (χ4v) is 6.29. The quantitative estimate of drug-likeness (QED) is 0.447. The lowest BCUT2D eigenvalue weighted by molar-refractivity contribution is -0.136. The fourth-order valence-electron chi connectivity index (χ4n) is 6.29. The number of para-hydroxylation sites is 1. The van der Waals surface area contributed by atoms with E-state index in [0.717, 1.165) is 53.3 Å². The second-order valence-corrected chi connectivity index (χ2v) is 10.4. The fraction of sp³-hybridized carbons (Fsp3) is 0.393. The standard InChI is InChI=1S/C28H29N7O3/c1-18-15-33(11-12-34(18)25(37)16-36)27-29-13-19(14-30-27)21-8-9-22-26(32-21)35-24(31-22)7-4-10-28(35)17-38-23-6-3-2-5-20(23)28/h2-3,5-6,8-9,13-14,18,36H,4,7,10-12,15-17H2,1H3/t18-,28?/m0/s1. The van der Waals surface area contributed by atoms with Crippen LogP contribution < -0.4 is 9.64 Å². The number of piperazine rings is 1. The maximum atomic E-state index is 11.9. The maximum absolute atomic E-state index is 11.9. The van der Waals surface area contributed by atoms with E-state index in [-0.39, 0.29) is 17.5 Å². The van der Waals surface area contributed by atoms with Gasteiger partial charge in [-0.05, 0) is 38.0 Å². The third-order valence-corrected chi connectivity index (χ3v) is 8.15. The van der Waals surface area contributed by atoms with Crippen LogP contribution in [0.3, 0.4) is 0 Å². The number of imidazole rings is 1. The van der Waals surface area contributed by atoms with Gasteiger partial charge in [0.1, 0.15) is 35.8 Å². The van der Waals surface area contributed by atoms with Gasteiger partial charge in [0.25, 0.3) is 0 Å². The number of aliphatic hydroxyl groups excluding tert-OH is 1. The monoisotopic (exact) mass is 511 g/mol. The van der Waals surface area contributed by atoms with E-state index in [2.05, 4.69) is 31.6 Å². The second-order valence-electron chi connectivity index (χ2n) is 10.4. The number of carbonyl (C=O) groups is 1. The van der Waals surface area contributed by atoms with Crippen molar-refractivity contribution in [3.8, 4) is 17.0 Å². The first-order chi connectivity index (χ1) is 18.6. The zero-order chi connectivity index (χ0) is 25.9. The summed E-state index contributed by atoms with van der Waals surface area (Å²) in [6, 6.07) is 12.3. The molecule has 2 atom stereocenters. The molecule has 3 aromatic heterocycles. The number of rotatable bonds is 3. The molecule has 194 valence electrons. The average molecular weight is 512 g/mol. The number of hydrogen-bond acceptors (Lipinski definition) is 8. The zero-order valence-corrected chi connectivity index (χ0v) is 21.2. The Bertz CT molecular complexity index is 1540. The smallest absolute Gasteiger partial charge is 0.248 e. The van der Waals surface area contributed by atoms with Crippen LogP contribution in [0, 0.1) is 0 Å². The summed E-state index contributed by atoms with van der Waals surface area (Å²) in [5, 5.41) is 9.20. The summed E-state index contributed by atoms with van der Waals surface area (Å²) in [4.78, 5) is 35.0. The summed E-state index contributed by atoms with van der Waals surface area (Å²) >= 11 is 0. The minimum Gasteiger partial charge on any atom is -0.490 e. The lowest BCUT2D eigenvalue weighted by Gasteiger charge is -2.39. The van der Waals surface area contributed by atoms with Crippen molar-refractivity contribution in [1.82, 2.24) is 29.4 Å². The van der Waals surface area contributed by atoms with Gasteiger partial charge in [0.05, 0.1) is 5.69 Å². The van der Waals surface area contributed by atoms with Crippen molar-refractivity contribution in [1.29, 1.82) is 0 Å². The number of amides is 1. The molecule has 7 rings (SSSR count). The van der Waals surface area contributed by atoms with Crippen LogP contribution in [0.25, 0.3) is 22.4 Å². The molecule has 1 amide bonds. The van der Waals surface area contributed by atoms with E-state index in [4.69, 9.17) is 14.7 Å². The van der Waals surface area contributed by atoms with Gasteiger partial charge in [0.15, 0.2) is 5.65 Å². The molecule has 3 aliphatic rings. The molecule has 38 heavy (non-hydrogen) atoms. The molecule has 1 N–H and O–H groups in total. The molecule has 0 saturated carbocycles. The Morgan fingerprint density at radius 3 is 2.79 bits per heavy atom. The first-order valence-corrected chi connectivity index (χ1v) is 13.2. The summed E-state index contributed by atoms with van der Waals surface area (Å²) in [6.07, 6.45) is 6.59. The number of ether oxygens (including phenoxy) is 1. The lowest BCUT2D eigenvalue weighted by Crippen LogP contribution is -2.55. The van der Waals surface area contributed by atoms with Crippen molar-refractivity contribution in [3.05, 3.63) is 60.2 Å². The number of aryl methyl sites for hydroxylation is 1. The van der Waals surface area contributed by atoms with Crippen molar-refractivity contribution in [2.45, 2.75) is 37.8 Å². The number of carbonyl (C=O) groups excluding carboxylic acids is 1. The van der Waals surface area contributed by atoms with Gasteiger partial charge in [-0.25, -0.2) is 19.9 Å². The van der Waals surface area contributed by atoms with Crippen LogP contribution in [-0.2, 0) is 16.8 Å². The number of benzene rings is 1. The molecule has 1 unspecified atom stereocenters. The van der Waals surface area contributed by atoms with Crippen molar-refractivity contribution < 1.29 is 14.6 Å². The Balaban J connectivity index is 1.21. The third-order valence-electron chi connectivity index (χ3n) is 8.15. The molecular formula is C28H29N7O3. The van der Waals surface area contributed by atoms with E-state index in [0.29, 0.717) is 32.2 Å². The van der Waals surface area contributed by atoms with Crippen molar-refractivity contribution in [3.63, 3.8) is 0 Å². The molecule has 1 aromatic carbocycles. The van der Waals surface area contributed by atoms with Crippen LogP contribution in [0.2, 0.25) is 0 Å². The predicted molar refractivity (Wildman–Crippen MR) is 141 cm³/mol. The number of fused-ring (bicyclic) bond motifs is 6. The number of nitrogens with zero attached hydrogens (tertiary/aromatic N) is 7. The average Bonchev–Trinajstić information content (AvgIpc) is 3.52. The topological polar surface area (TPSA) is 110 Å². The molecule has 4 aromatic rings. The number of hydrogen-bond donors (Lipinski definition) is 1. The van der Waals surface area contributed by atoms with E-state index in [1.165, 1.54) is 5.56 Å². The van der Waals surface area contributed by atoms with Gasteiger partial charge in [0, 0.05) is 55.6 Å². The Labute approximate surface area is 219 Å². The van der Waals surface area contributed by atoms with Crippen LogP contribution in [0.15, 0.2) is 48.8 Å². The van der Waals surface area contributed by atoms with Crippen LogP contribution in [0.1, 0.15) is 31.2 Å². The predicted octanol–water partition coefficient (Wildman–Crippen LogP) is 2.39. The minimum absolute atomic E-state index is 0.0270. The van der Waals surface area contributed by atoms with Gasteiger partial charge >= 0.3 is 0 Å². The van der Waals surface area contributed by atoms with E-state index >= 15 is 0 Å². The minimum atomic E-state index is -0.464. The van der Waals surface area contributed by atoms with Gasteiger partial charge < -0.3 is 19.6 Å². The largest absolute Gasteiger partial charge is 0.490 e. The van der Waals surface area contributed by atoms with E-state index in [1.807, 2.05) is 43.6 Å². The van der Waals surface area contributed by atoms with Gasteiger partial charge in [-0.2, -0.15) is 0 Å². The summed E-state index contributed by atoms with van der Waals surface area (Å²) < 4.78 is 8.46. The Hall–Kier alpha value is -4.05. The van der Waals surface area contributed by atoms with Crippen molar-refractivity contribution in [2.24, 2.45) is 0 Å². The summed E-state index contributed by atoms with van der Waals surface area (Å²) in [5.41, 5.74) is 4.29. The van der Waals surface area contributed by atoms with Gasteiger partial charge in [-0.15, -0.1) is 0 Å². The van der Waals surface area contributed by atoms with Gasteiger partial charge in [0.2, 0.25) is 11.9 Å². The third kappa shape index (κ3) is 3.47. The second kappa shape index (κ2) is 8.76. The molecule has 1 spiro atoms. The number of aliphatic hydroxyl groups is 1. The SMILES string of the molecule is C[C@H]1CN(c2ncc(-c3ccc4nc5n(c4n3)C3(CCC5)COc4ccccc43)cn2)CCN1C(=O)CO. The molecule has 3 aliphatic heterocycles. The Kier molecular flexibility index (Phi) is 5.33. The molecule has 0 bridgehead atoms. The highest BCUT2D eigenvalue weighted by atomic mass is 16.5. The molecule has 0 radical (unpaired) electrons. The Morgan fingerprint density at radius 2 is 1.97 bits per heavy atom. The normalized spacial score (nSPS) is 22.4. The van der Waals surface area contributed by atoms with Crippen molar-refractivity contribution in [2.75, 3.05) is 37.7 Å². The number of pyridine rings is 1. The summed E-state index contributed by atoms with van der Waals surface area (Å²) in [5.74, 6) is 2.37. The molecule has 10 heteroatoms. The van der Waals surface area contributed by atoms with Crippen LogP contribution in [-0.4, -0.2) is 79.3 Å². The maximum Gasteiger partial charge on any atom is 0.248 e. The van der Waals surface area contributed by atoms with Crippen LogP contribution >= 0.6 is 0 Å². The highest BCUT2D eigenvalue weighted by Gasteiger charge is 2.46. The Morgan fingerprint density at radius 1 is 1.13 bits per heavy atom. The van der Waals surface area contributed by atoms with E-state index in [9.17, 15) is 9.90 Å². The van der Waals surface area contributed by atoms with Gasteiger partial charge in [-0.3, -0.25) is 9.36 Å². The highest BCUT2D eigenvalue weighted by molar-refractivity contribution is 5.78. The number of anilines is 1. The number of aromatic nitrogens is 5. The molecule has 1 fully saturated rings. The van der Waals surface area contributed by atoms with Gasteiger partial charge in [-0.1, -0.05) is 18.2 Å². The molecule has 10 nitrogen and oxygen atoms in total. The summed E-state index contributed by atoms with van der Waals surface area (Å²) in [6.45, 7) is 3.86. The van der Waals surface area contributed by atoms with Crippen LogP contribution in [0.4, 0.5) is 5.95 Å². The van der Waals surface area contributed by atoms with E-state index < -0.39 is 6.61 Å². The highest BCUT2D eigenvalue weighted by Crippen LogP contribution is 2.47. The zero-order valence-electron chi connectivity index (χ0n) is 21.2. The van der Waals surface area contributed by atoms with Crippen molar-refractivity contribution >= 4 is 23.0 Å². The summed E-state index contributed by atoms with van der Waals surface area (Å²) in [7, 11) is 0. The molecular weight excluding hydrogens is 482 g/mol. The molecule has 1 saturated heterocycles. The molecule has 6 heterocycles. The first kappa shape index (κ1) is 23.1. The lowest BCUT2D eigenvalue weighted by atomic mass is 9.83. The van der Waals surface area contributed by atoms with E-state index in [1.54, 1.807) is 4.90 Å². The molecule has 0 aliphatic carbocycles.